The van der Waals surface area contributed by atoms with Gasteiger partial charge < -0.3 is 46.0 Å². The Labute approximate surface area is 446 Å². The second kappa shape index (κ2) is 31.8. The number of hydrogen-bond donors (Lipinski definition) is 2. The van der Waals surface area contributed by atoms with Crippen molar-refractivity contribution in [3.63, 3.8) is 0 Å². The molecule has 0 unspecified atom stereocenters. The molecule has 2 heterocycles. The average molecular weight is 969 g/mol. The van der Waals surface area contributed by atoms with Crippen LogP contribution in [0.25, 0.3) is 45.0 Å². The predicted molar refractivity (Wildman–Crippen MR) is 248 cm³/mol. The van der Waals surface area contributed by atoms with Crippen LogP contribution in [0.4, 0.5) is 0 Å². The Hall–Kier alpha value is -5.22. The number of aromatic nitrogens is 8. The van der Waals surface area contributed by atoms with Gasteiger partial charge in [-0.1, -0.05) is 151 Å². The molecule has 0 bridgehead atoms. The molecule has 2 amide bonds. The van der Waals surface area contributed by atoms with Gasteiger partial charge in [0.15, 0.2) is 0 Å². The summed E-state index contributed by atoms with van der Waals surface area (Å²) in [5, 5.41) is 52.1. The molecule has 21 heteroatoms. The maximum Gasteiger partial charge on any atom is 1.00 e. The van der Waals surface area contributed by atoms with Crippen LogP contribution < -0.4 is 69.3 Å². The Balaban J connectivity index is 0.00000125. The van der Waals surface area contributed by atoms with Crippen molar-refractivity contribution >= 4 is 23.8 Å². The van der Waals surface area contributed by atoms with Crippen molar-refractivity contribution in [1.82, 2.24) is 51.0 Å². The van der Waals surface area contributed by atoms with Gasteiger partial charge in [0, 0.05) is 37.1 Å². The summed E-state index contributed by atoms with van der Waals surface area (Å²) in [6.45, 7) is 11.6. The zero-order chi connectivity index (χ0) is 46.2. The van der Waals surface area contributed by atoms with E-state index in [-0.39, 0.29) is 112 Å². The van der Waals surface area contributed by atoms with Gasteiger partial charge in [-0.25, -0.2) is 0 Å². The van der Waals surface area contributed by atoms with Crippen molar-refractivity contribution < 1.29 is 105 Å². The van der Waals surface area contributed by atoms with Crippen molar-refractivity contribution in [3.05, 3.63) is 108 Å². The topological polar surface area (TPSA) is 324 Å². The number of benzene rings is 4. The van der Waals surface area contributed by atoms with Crippen molar-refractivity contribution in [1.29, 1.82) is 0 Å². The third kappa shape index (κ3) is 17.6. The largest absolute Gasteiger partial charge is 1.00 e. The Kier molecular flexibility index (Phi) is 29.4. The molecule has 69 heavy (non-hydrogen) atoms. The first-order chi connectivity index (χ1) is 30.8. The van der Waals surface area contributed by atoms with Crippen LogP contribution in [-0.4, -0.2) is 103 Å². The molecule has 0 spiro atoms. The van der Waals surface area contributed by atoms with E-state index in [1.54, 1.807) is 27.7 Å². The quantitative estimate of drug-likeness (QED) is 0.0733. The number of carbonyl (C=O) groups excluding carboxylic acids is 4. The summed E-state index contributed by atoms with van der Waals surface area (Å²) in [6, 6.07) is 29.0. The minimum Gasteiger partial charge on any atom is -0.548 e. The van der Waals surface area contributed by atoms with Crippen LogP contribution in [-0.2, 0) is 32.3 Å². The number of carboxylic acids is 2. The first-order valence-electron chi connectivity index (χ1n) is 21.7. The van der Waals surface area contributed by atoms with Gasteiger partial charge in [-0.3, -0.25) is 9.59 Å². The molecule has 2 atom stereocenters. The van der Waals surface area contributed by atoms with E-state index in [1.807, 2.05) is 111 Å². The van der Waals surface area contributed by atoms with Crippen LogP contribution >= 0.6 is 0 Å². The number of hydrogen-bond acceptors (Lipinski definition) is 12. The molecule has 4 aromatic carbocycles. The van der Waals surface area contributed by atoms with Gasteiger partial charge in [-0.2, -0.15) is 10.4 Å². The summed E-state index contributed by atoms with van der Waals surface area (Å²) in [6.07, 6.45) is 3.82. The van der Waals surface area contributed by atoms with E-state index in [2.05, 4.69) is 41.2 Å². The smallest absolute Gasteiger partial charge is 0.548 e. The molecule has 0 fully saturated rings. The SMILES string of the molecule is CCCCC(=O)N(Cc1ccc(-c2ccccc2-c2nn[nH]n2)cc1)[C@H](C(=O)[O-])C(C)C.CCCCC(=O)N(Cc1ccc(-c2ccccc2-c2nn[nH]n2)cc1)[C@H](C(=O)[O-])C(C)C.O.O.O.[Na+].[Na+]. The summed E-state index contributed by atoms with van der Waals surface area (Å²) < 4.78 is 0. The van der Waals surface area contributed by atoms with E-state index in [0.29, 0.717) is 24.5 Å². The number of nitrogens with one attached hydrogen (secondary N) is 2. The molecular formula is C48H62N10Na2O9. The standard InChI is InChI=1S/2C24H29N5O3.2Na.3H2O/c2*1-4-5-10-21(30)29(22(16(2)3)24(31)32)15-17-11-13-18(14-12-17)19-8-6-7-9-20(19)23-25-27-28-26-23;;;;;/h2*6-9,11-14,16,22H,4-5,10,15H2,1-3H3,(H,31,32)(H,25,26,27,28);;;3*1H2/q;;2*+1;;;/p-2/t2*22-;;;;;/m00...../s1. The number of carboxylic acid groups (broad SMARTS) is 2. The minimum atomic E-state index is -1.23. The van der Waals surface area contributed by atoms with Crippen molar-refractivity contribution in [3.8, 4) is 45.0 Å². The number of tetrazole rings is 2. The maximum atomic E-state index is 12.8. The first-order valence-corrected chi connectivity index (χ1v) is 21.7. The number of aromatic amines is 2. The molecule has 360 valence electrons. The van der Waals surface area contributed by atoms with Crippen LogP contribution in [0.15, 0.2) is 97.1 Å². The Morgan fingerprint density at radius 2 is 0.841 bits per heavy atom. The molecule has 0 radical (unpaired) electrons. The molecule has 0 aliphatic carbocycles. The minimum absolute atomic E-state index is 0. The van der Waals surface area contributed by atoms with E-state index in [1.165, 1.54) is 9.80 Å². The van der Waals surface area contributed by atoms with Crippen LogP contribution in [0.5, 0.6) is 0 Å². The second-order valence-electron chi connectivity index (χ2n) is 16.2. The van der Waals surface area contributed by atoms with Crippen LogP contribution in [0, 0.1) is 11.8 Å². The molecule has 0 aliphatic heterocycles. The molecule has 0 saturated carbocycles. The molecule has 6 rings (SSSR count). The van der Waals surface area contributed by atoms with Gasteiger partial charge in [0.2, 0.25) is 23.5 Å². The zero-order valence-electron chi connectivity index (χ0n) is 40.7. The number of H-pyrrole nitrogens is 2. The fourth-order valence-corrected chi connectivity index (χ4v) is 7.53. The van der Waals surface area contributed by atoms with Gasteiger partial charge in [0.05, 0.1) is 24.0 Å². The summed E-state index contributed by atoms with van der Waals surface area (Å²) in [4.78, 5) is 52.2. The number of amides is 2. The molecule has 8 N–H and O–H groups in total. The number of nitrogens with zero attached hydrogens (tertiary/aromatic N) is 8. The third-order valence-corrected chi connectivity index (χ3v) is 10.8. The molecule has 0 aliphatic rings. The van der Waals surface area contributed by atoms with Crippen molar-refractivity contribution in [2.24, 2.45) is 11.8 Å². The van der Waals surface area contributed by atoms with Crippen LogP contribution in [0.3, 0.4) is 0 Å². The Morgan fingerprint density at radius 1 is 0.522 bits per heavy atom. The number of aliphatic carboxylic acids is 2. The molecule has 6 aromatic rings. The third-order valence-electron chi connectivity index (χ3n) is 10.8. The fraction of sp³-hybridized carbons (Fsp3) is 0.375. The van der Waals surface area contributed by atoms with Gasteiger partial charge in [0.1, 0.15) is 0 Å². The van der Waals surface area contributed by atoms with Crippen LogP contribution in [0.2, 0.25) is 0 Å². The Bertz CT molecular complexity index is 2260. The molecule has 0 saturated heterocycles. The van der Waals surface area contributed by atoms with Crippen molar-refractivity contribution in [2.45, 2.75) is 105 Å². The van der Waals surface area contributed by atoms with Crippen molar-refractivity contribution in [2.75, 3.05) is 0 Å². The molecule has 19 nitrogen and oxygen atoms in total. The number of unbranched alkanes of at least 4 members (excludes halogenated alkanes) is 2. The monoisotopic (exact) mass is 968 g/mol. The van der Waals surface area contributed by atoms with E-state index in [9.17, 15) is 29.4 Å². The zero-order valence-corrected chi connectivity index (χ0v) is 44.7. The summed E-state index contributed by atoms with van der Waals surface area (Å²) >= 11 is 0. The summed E-state index contributed by atoms with van der Waals surface area (Å²) in [5.41, 5.74) is 7.21. The van der Waals surface area contributed by atoms with Gasteiger partial charge >= 0.3 is 59.1 Å². The second-order valence-corrected chi connectivity index (χ2v) is 16.2. The summed E-state index contributed by atoms with van der Waals surface area (Å²) in [7, 11) is 0. The number of rotatable bonds is 20. The van der Waals surface area contributed by atoms with Gasteiger partial charge in [-0.15, -0.1) is 20.4 Å². The van der Waals surface area contributed by atoms with Crippen LogP contribution in [0.1, 0.15) is 91.2 Å². The van der Waals surface area contributed by atoms with E-state index >= 15 is 0 Å². The maximum absolute atomic E-state index is 12.8. The van der Waals surface area contributed by atoms with Gasteiger partial charge in [0.25, 0.3) is 0 Å². The van der Waals surface area contributed by atoms with E-state index < -0.39 is 24.0 Å². The van der Waals surface area contributed by atoms with E-state index in [4.69, 9.17) is 0 Å². The predicted octanol–water partition coefficient (Wildman–Crippen LogP) is -2.81. The average Bonchev–Trinajstić information content (AvgIpc) is 4.04. The summed E-state index contributed by atoms with van der Waals surface area (Å²) in [5.74, 6) is -2.29. The first kappa shape index (κ1) is 63.8. The molecular weight excluding hydrogens is 907 g/mol. The Morgan fingerprint density at radius 3 is 1.10 bits per heavy atom. The van der Waals surface area contributed by atoms with Gasteiger partial charge in [-0.05, 0) is 68.5 Å². The normalized spacial score (nSPS) is 11.1. The number of carbonyl (C=O) groups is 4. The molecule has 2 aromatic heterocycles. The fourth-order valence-electron chi connectivity index (χ4n) is 7.53. The van der Waals surface area contributed by atoms with E-state index in [0.717, 1.165) is 70.2 Å².